The Morgan fingerprint density at radius 2 is 1.92 bits per heavy atom. The van der Waals surface area contributed by atoms with Gasteiger partial charge in [0.15, 0.2) is 23.1 Å². The Bertz CT molecular complexity index is 1310. The topological polar surface area (TPSA) is 137 Å². The predicted molar refractivity (Wildman–Crippen MR) is 138 cm³/mol. The van der Waals surface area contributed by atoms with Crippen LogP contribution in [0, 0.1) is 18.3 Å². The molecule has 0 aliphatic heterocycles. The number of rotatable bonds is 10. The highest BCUT2D eigenvalue weighted by atomic mass is 35.5. The van der Waals surface area contributed by atoms with E-state index in [0.29, 0.717) is 51.7 Å². The van der Waals surface area contributed by atoms with Gasteiger partial charge >= 0.3 is 0 Å². The number of methoxy groups -OCH3 is 2. The van der Waals surface area contributed by atoms with E-state index in [-0.39, 0.29) is 5.69 Å². The largest absolute Gasteiger partial charge is 0.493 e. The number of halogens is 1. The molecular weight excluding hydrogens is 484 g/mol. The number of carbonyl (C=O) groups excluding carboxylic acids is 1. The molecule has 0 atom stereocenters. The first-order chi connectivity index (χ1) is 17.1. The molecule has 0 saturated carbocycles. The van der Waals surface area contributed by atoms with Gasteiger partial charge in [-0.2, -0.15) is 5.26 Å². The van der Waals surface area contributed by atoms with E-state index in [0.717, 1.165) is 5.56 Å². The number of aromatic nitrogens is 3. The minimum absolute atomic E-state index is 0.125. The van der Waals surface area contributed by atoms with Crippen LogP contribution in [-0.4, -0.2) is 47.6 Å². The summed E-state index contributed by atoms with van der Waals surface area (Å²) in [5.74, 6) is 1.57. The van der Waals surface area contributed by atoms with Crippen LogP contribution in [0.5, 0.6) is 5.75 Å². The number of hydrogen-bond acceptors (Lipinski definition) is 10. The number of pyridine rings is 1. The number of hydrogen-bond donors (Lipinski definition) is 3. The number of amides is 1. The van der Waals surface area contributed by atoms with Crippen molar-refractivity contribution in [3.05, 3.63) is 52.4 Å². The number of para-hydroxylation sites is 1. The smallest absolute Gasteiger partial charge is 0.227 e. The van der Waals surface area contributed by atoms with Crippen molar-refractivity contribution in [2.75, 3.05) is 37.3 Å². The third-order valence-corrected chi connectivity index (χ3v) is 5.67. The molecule has 0 radical (unpaired) electrons. The lowest BCUT2D eigenvalue weighted by Gasteiger charge is -2.23. The van der Waals surface area contributed by atoms with E-state index in [4.69, 9.17) is 21.1 Å². The Kier molecular flexibility index (Phi) is 8.14. The van der Waals surface area contributed by atoms with Crippen molar-refractivity contribution in [1.82, 2.24) is 20.0 Å². The average molecular weight is 511 g/mol. The molecule has 12 heteroatoms. The minimum Gasteiger partial charge on any atom is -0.493 e. The summed E-state index contributed by atoms with van der Waals surface area (Å²) in [6.45, 7) is 5.44. The second-order valence-electron chi connectivity index (χ2n) is 8.21. The molecule has 3 N–H and O–H groups in total. The predicted octanol–water partition coefficient (Wildman–Crippen LogP) is 4.50. The molecule has 0 bridgehead atoms. The molecule has 11 nitrogen and oxygen atoms in total. The molecular formula is C24H27ClN8O3. The fraction of sp³-hybridized carbons (Fsp3) is 0.292. The van der Waals surface area contributed by atoms with Crippen LogP contribution >= 0.6 is 11.6 Å². The van der Waals surface area contributed by atoms with Crippen molar-refractivity contribution in [2.45, 2.75) is 26.4 Å². The first-order valence-corrected chi connectivity index (χ1v) is 11.2. The van der Waals surface area contributed by atoms with Crippen LogP contribution < -0.4 is 20.8 Å². The van der Waals surface area contributed by atoms with E-state index < -0.39 is 5.60 Å². The summed E-state index contributed by atoms with van der Waals surface area (Å²) in [4.78, 5) is 24.6. The lowest BCUT2D eigenvalue weighted by Crippen LogP contribution is -2.25. The number of carbonyl (C=O) groups is 1. The Labute approximate surface area is 214 Å². The monoisotopic (exact) mass is 510 g/mol. The molecule has 0 aliphatic rings. The molecule has 36 heavy (non-hydrogen) atoms. The van der Waals surface area contributed by atoms with Gasteiger partial charge in [0.05, 0.1) is 24.0 Å². The number of ether oxygens (including phenoxy) is 2. The van der Waals surface area contributed by atoms with Crippen molar-refractivity contribution >= 4 is 46.8 Å². The quantitative estimate of drug-likeness (QED) is 0.264. The lowest BCUT2D eigenvalue weighted by atomic mass is 10.0. The van der Waals surface area contributed by atoms with Gasteiger partial charge in [0.1, 0.15) is 23.2 Å². The van der Waals surface area contributed by atoms with Crippen LogP contribution in [0.15, 0.2) is 30.5 Å². The van der Waals surface area contributed by atoms with Crippen molar-refractivity contribution in [1.29, 1.82) is 5.26 Å². The first-order valence-electron chi connectivity index (χ1n) is 10.8. The number of anilines is 5. The van der Waals surface area contributed by atoms with Crippen molar-refractivity contribution in [3.63, 3.8) is 0 Å². The van der Waals surface area contributed by atoms with Gasteiger partial charge in [-0.3, -0.25) is 20.2 Å². The molecule has 2 aromatic heterocycles. The molecule has 2 heterocycles. The number of benzene rings is 1. The zero-order valence-electron chi connectivity index (χ0n) is 20.8. The number of nitrogens with one attached hydrogen (secondary N) is 3. The fourth-order valence-electron chi connectivity index (χ4n) is 3.26. The lowest BCUT2D eigenvalue weighted by molar-refractivity contribution is -0.115. The number of hydrazine groups is 1. The molecule has 0 unspecified atom stereocenters. The Morgan fingerprint density at radius 1 is 1.17 bits per heavy atom. The number of nitriles is 1. The third kappa shape index (κ3) is 5.73. The van der Waals surface area contributed by atoms with Crippen LogP contribution in [0.1, 0.15) is 30.8 Å². The molecule has 1 amide bonds. The zero-order valence-corrected chi connectivity index (χ0v) is 21.6. The van der Waals surface area contributed by atoms with Gasteiger partial charge in [0, 0.05) is 31.5 Å². The van der Waals surface area contributed by atoms with Gasteiger partial charge < -0.3 is 20.1 Å². The SMILES string of the molecule is COc1c(Cl)cccc1Nc1cc(Nc2cnc(C(C)(C)OC)c(C#N)n2)nc(NN(C)C=O)c1C. The van der Waals surface area contributed by atoms with E-state index in [1.807, 2.05) is 13.0 Å². The molecule has 0 saturated heterocycles. The summed E-state index contributed by atoms with van der Waals surface area (Å²) in [5.41, 5.74) is 4.69. The standard InChI is InChI=1S/C24H27ClN8O3/c1-14-17(28-16-9-7-8-15(25)21(16)35-5)10-19(31-23(14)32-33(4)13-34)30-20-12-27-22(18(11-26)29-20)24(2,3)36-6/h7-10,12-13H,1-6H3,(H3,28,29,30,31,32). The van der Waals surface area contributed by atoms with E-state index in [2.05, 4.69) is 37.1 Å². The van der Waals surface area contributed by atoms with Gasteiger partial charge in [0.25, 0.3) is 0 Å². The summed E-state index contributed by atoms with van der Waals surface area (Å²) >= 11 is 6.28. The molecule has 0 fully saturated rings. The summed E-state index contributed by atoms with van der Waals surface area (Å²) < 4.78 is 10.9. The van der Waals surface area contributed by atoms with Gasteiger partial charge in [0.2, 0.25) is 6.41 Å². The second-order valence-corrected chi connectivity index (χ2v) is 8.61. The summed E-state index contributed by atoms with van der Waals surface area (Å²) in [6, 6.07) is 9.16. The second kappa shape index (κ2) is 11.1. The van der Waals surface area contributed by atoms with Crippen LogP contribution in [0.25, 0.3) is 0 Å². The van der Waals surface area contributed by atoms with Gasteiger partial charge in [-0.05, 0) is 32.9 Å². The Morgan fingerprint density at radius 3 is 2.56 bits per heavy atom. The normalized spacial score (nSPS) is 10.8. The molecule has 188 valence electrons. The van der Waals surface area contributed by atoms with E-state index in [1.165, 1.54) is 18.3 Å². The molecule has 1 aromatic carbocycles. The minimum atomic E-state index is -0.789. The summed E-state index contributed by atoms with van der Waals surface area (Å²) in [5, 5.41) is 17.7. The van der Waals surface area contributed by atoms with Gasteiger partial charge in [-0.15, -0.1) is 0 Å². The maximum atomic E-state index is 11.2. The Hall–Kier alpha value is -4.14. The van der Waals surface area contributed by atoms with Gasteiger partial charge in [-0.25, -0.2) is 9.97 Å². The zero-order chi connectivity index (χ0) is 26.5. The van der Waals surface area contributed by atoms with Crippen molar-refractivity contribution in [3.8, 4) is 11.8 Å². The highest BCUT2D eigenvalue weighted by Crippen LogP contribution is 2.37. The molecule has 3 aromatic rings. The first kappa shape index (κ1) is 26.5. The van der Waals surface area contributed by atoms with E-state index in [1.54, 1.807) is 46.2 Å². The maximum Gasteiger partial charge on any atom is 0.227 e. The molecule has 0 aliphatic carbocycles. The van der Waals surface area contributed by atoms with Crippen molar-refractivity contribution in [2.24, 2.45) is 0 Å². The Balaban J connectivity index is 2.05. The highest BCUT2D eigenvalue weighted by Gasteiger charge is 2.26. The third-order valence-electron chi connectivity index (χ3n) is 5.37. The summed E-state index contributed by atoms with van der Waals surface area (Å²) in [7, 11) is 4.63. The molecule has 3 rings (SSSR count). The maximum absolute atomic E-state index is 11.2. The summed E-state index contributed by atoms with van der Waals surface area (Å²) in [6.07, 6.45) is 2.12. The van der Waals surface area contributed by atoms with E-state index in [9.17, 15) is 10.1 Å². The van der Waals surface area contributed by atoms with Crippen molar-refractivity contribution < 1.29 is 14.3 Å². The van der Waals surface area contributed by atoms with Crippen LogP contribution in [0.4, 0.5) is 28.8 Å². The number of nitrogens with zero attached hydrogens (tertiary/aromatic N) is 5. The van der Waals surface area contributed by atoms with Gasteiger partial charge in [-0.1, -0.05) is 17.7 Å². The van der Waals surface area contributed by atoms with Crippen LogP contribution in [0.3, 0.4) is 0 Å². The van der Waals surface area contributed by atoms with Crippen LogP contribution in [0.2, 0.25) is 5.02 Å². The fourth-order valence-corrected chi connectivity index (χ4v) is 3.51. The highest BCUT2D eigenvalue weighted by molar-refractivity contribution is 6.32. The van der Waals surface area contributed by atoms with E-state index >= 15 is 0 Å². The van der Waals surface area contributed by atoms with Crippen LogP contribution in [-0.2, 0) is 15.1 Å². The average Bonchev–Trinajstić information content (AvgIpc) is 2.86. The molecule has 0 spiro atoms.